The Bertz CT molecular complexity index is 85.2. The highest BCUT2D eigenvalue weighted by molar-refractivity contribution is 5.39. The fraction of sp³-hybridized carbons (Fsp3) is 0.375. The summed E-state index contributed by atoms with van der Waals surface area (Å²) < 4.78 is 0. The quantitative estimate of drug-likeness (QED) is 0.554. The van der Waals surface area contributed by atoms with Gasteiger partial charge in [0, 0.05) is 5.92 Å². The fourth-order valence-electron chi connectivity index (χ4n) is 0.782. The second-order valence-electron chi connectivity index (χ2n) is 2.73. The predicted molar refractivity (Wildman–Crippen MR) is 36.7 cm³/mol. The summed E-state index contributed by atoms with van der Waals surface area (Å²) in [6, 6.07) is 0. The van der Waals surface area contributed by atoms with Crippen molar-refractivity contribution in [2.45, 2.75) is 19.4 Å². The molecule has 1 aliphatic carbocycles. The van der Waals surface area contributed by atoms with Crippen molar-refractivity contribution in [3.05, 3.63) is 31.6 Å². The average Bonchev–Trinajstić information content (AvgIpc) is 2.08. The van der Waals surface area contributed by atoms with E-state index in [0.29, 0.717) is 0 Å². The lowest BCUT2D eigenvalue weighted by Crippen LogP contribution is -2.27. The normalized spacial score (nSPS) is 23.0. The van der Waals surface area contributed by atoms with E-state index >= 15 is 0 Å². The van der Waals surface area contributed by atoms with Crippen LogP contribution in [0.3, 0.4) is 0 Å². The zero-order valence-corrected chi connectivity index (χ0v) is 5.76. The van der Waals surface area contributed by atoms with E-state index in [1.54, 1.807) is 13.8 Å². The molecule has 1 N–H and O–H groups in total. The van der Waals surface area contributed by atoms with Gasteiger partial charge in [-0.2, -0.15) is 0 Å². The van der Waals surface area contributed by atoms with Crippen LogP contribution >= 0.6 is 0 Å². The summed E-state index contributed by atoms with van der Waals surface area (Å²) in [6.45, 7) is 3.56. The summed E-state index contributed by atoms with van der Waals surface area (Å²) in [7, 11) is 0. The molecule has 1 aliphatic rings. The molecule has 1 saturated carbocycles. The van der Waals surface area contributed by atoms with Gasteiger partial charge < -0.3 is 5.11 Å². The minimum Gasteiger partial charge on any atom is -0.390 e. The lowest BCUT2D eigenvalue weighted by molar-refractivity contribution is 0.104. The largest absolute Gasteiger partial charge is 0.390 e. The van der Waals surface area contributed by atoms with E-state index in [9.17, 15) is 5.11 Å². The lowest BCUT2D eigenvalue weighted by Gasteiger charge is -2.23. The van der Waals surface area contributed by atoms with Crippen molar-refractivity contribution in [3.63, 3.8) is 0 Å². The predicted octanol–water partition coefficient (Wildman–Crippen LogP) is 1.16. The number of rotatable bonds is 1. The molecule has 0 saturated heterocycles. The molecule has 1 rings (SSSR count). The first-order valence-corrected chi connectivity index (χ1v) is 3.05. The molecule has 0 aromatic heterocycles. The van der Waals surface area contributed by atoms with E-state index in [2.05, 4.69) is 0 Å². The molecule has 49 valence electrons. The van der Waals surface area contributed by atoms with E-state index in [0.717, 1.165) is 5.92 Å². The summed E-state index contributed by atoms with van der Waals surface area (Å²) in [5.74, 6) is 0.975. The molecule has 0 atom stereocenters. The van der Waals surface area contributed by atoms with E-state index < -0.39 is 5.60 Å². The zero-order chi connectivity index (χ0) is 6.91. The summed E-state index contributed by atoms with van der Waals surface area (Å²) in [5, 5.41) is 9.38. The molecule has 1 nitrogen and oxygen atoms in total. The van der Waals surface area contributed by atoms with Crippen molar-refractivity contribution in [2.75, 3.05) is 0 Å². The minimum absolute atomic E-state index is 0.677. The highest BCUT2D eigenvalue weighted by Crippen LogP contribution is 2.32. The monoisotopic (exact) mass is 123 g/mol. The molecule has 0 unspecified atom stereocenters. The number of aliphatic hydroxyl groups is 1. The molecular weight excluding hydrogens is 112 g/mol. The highest BCUT2D eigenvalue weighted by atomic mass is 16.3. The van der Waals surface area contributed by atoms with Gasteiger partial charge in [0.25, 0.3) is 0 Å². The van der Waals surface area contributed by atoms with Crippen LogP contribution in [-0.4, -0.2) is 10.7 Å². The van der Waals surface area contributed by atoms with E-state index in [1.807, 2.05) is 25.7 Å². The maximum atomic E-state index is 9.38. The van der Waals surface area contributed by atoms with Gasteiger partial charge in [-0.05, 0) is 39.5 Å². The number of hydrogen-bond acceptors (Lipinski definition) is 1. The Labute approximate surface area is 57.1 Å². The molecule has 0 bridgehead atoms. The van der Waals surface area contributed by atoms with Crippen molar-refractivity contribution in [3.8, 4) is 0 Å². The van der Waals surface area contributed by atoms with Crippen molar-refractivity contribution in [2.24, 2.45) is 0 Å². The Morgan fingerprint density at radius 2 is 1.67 bits per heavy atom. The Kier molecular flexibility index (Phi) is 1.80. The lowest BCUT2D eigenvalue weighted by atomic mass is 9.90. The summed E-state index contributed by atoms with van der Waals surface area (Å²) >= 11 is 0. The van der Waals surface area contributed by atoms with Crippen molar-refractivity contribution >= 4 is 0 Å². The van der Waals surface area contributed by atoms with Crippen molar-refractivity contribution in [1.82, 2.24) is 0 Å². The second-order valence-corrected chi connectivity index (χ2v) is 2.73. The molecule has 0 spiro atoms. The molecule has 0 aromatic rings. The molecule has 1 heteroatoms. The molecule has 0 heterocycles. The SMILES string of the molecule is CC(C)(O)[C]1[CH][CH][CH][CH]1. The first-order chi connectivity index (χ1) is 4.11. The fourth-order valence-corrected chi connectivity index (χ4v) is 0.782. The second kappa shape index (κ2) is 2.30. The zero-order valence-electron chi connectivity index (χ0n) is 5.76. The van der Waals surface area contributed by atoms with Crippen LogP contribution in [-0.2, 0) is 0 Å². The third-order valence-electron chi connectivity index (χ3n) is 1.37. The van der Waals surface area contributed by atoms with Gasteiger partial charge in [-0.25, -0.2) is 0 Å². The maximum absolute atomic E-state index is 9.38. The molecule has 1 fully saturated rings. The van der Waals surface area contributed by atoms with Crippen LogP contribution < -0.4 is 0 Å². The van der Waals surface area contributed by atoms with Gasteiger partial charge in [-0.1, -0.05) is 0 Å². The van der Waals surface area contributed by atoms with Crippen molar-refractivity contribution in [1.29, 1.82) is 0 Å². The van der Waals surface area contributed by atoms with Gasteiger partial charge >= 0.3 is 0 Å². The standard InChI is InChI=1S/C8H11O/c1-8(2,9)7-5-3-4-6-7/h3-6,9H,1-2H3. The Hall–Kier alpha value is -0.0400. The average molecular weight is 123 g/mol. The molecule has 5 radical (unpaired) electrons. The molecule has 0 aliphatic heterocycles. The van der Waals surface area contributed by atoms with Crippen LogP contribution in [0.25, 0.3) is 0 Å². The van der Waals surface area contributed by atoms with Gasteiger partial charge in [0.05, 0.1) is 5.60 Å². The minimum atomic E-state index is -0.677. The van der Waals surface area contributed by atoms with E-state index in [1.165, 1.54) is 0 Å². The third kappa shape index (κ3) is 1.68. The van der Waals surface area contributed by atoms with Crippen LogP contribution in [0.15, 0.2) is 0 Å². The Morgan fingerprint density at radius 3 is 1.89 bits per heavy atom. The van der Waals surface area contributed by atoms with Crippen molar-refractivity contribution < 1.29 is 5.11 Å². The van der Waals surface area contributed by atoms with Gasteiger partial charge in [0.15, 0.2) is 0 Å². The molecule has 0 amide bonds. The molecular formula is C8H11O. The van der Waals surface area contributed by atoms with Gasteiger partial charge in [-0.15, -0.1) is 0 Å². The summed E-state index contributed by atoms with van der Waals surface area (Å²) in [4.78, 5) is 0. The maximum Gasteiger partial charge on any atom is 0.0660 e. The first-order valence-electron chi connectivity index (χ1n) is 3.05. The Balaban J connectivity index is 2.42. The van der Waals surface area contributed by atoms with E-state index in [-0.39, 0.29) is 0 Å². The summed E-state index contributed by atoms with van der Waals surface area (Å²) in [6.07, 6.45) is 7.68. The number of hydrogen-bond donors (Lipinski definition) is 1. The smallest absolute Gasteiger partial charge is 0.0660 e. The highest BCUT2D eigenvalue weighted by Gasteiger charge is 2.30. The van der Waals surface area contributed by atoms with Gasteiger partial charge in [0.2, 0.25) is 0 Å². The van der Waals surface area contributed by atoms with Crippen LogP contribution in [0.2, 0.25) is 0 Å². The first kappa shape index (κ1) is 7.07. The molecule has 0 aromatic carbocycles. The van der Waals surface area contributed by atoms with E-state index in [4.69, 9.17) is 0 Å². The molecule has 9 heavy (non-hydrogen) atoms. The van der Waals surface area contributed by atoms with Crippen LogP contribution in [0.1, 0.15) is 13.8 Å². The van der Waals surface area contributed by atoms with Crippen LogP contribution in [0, 0.1) is 31.6 Å². The topological polar surface area (TPSA) is 20.2 Å². The van der Waals surface area contributed by atoms with Gasteiger partial charge in [0.1, 0.15) is 0 Å². The van der Waals surface area contributed by atoms with Gasteiger partial charge in [-0.3, -0.25) is 0 Å². The van der Waals surface area contributed by atoms with Crippen LogP contribution in [0.4, 0.5) is 0 Å². The van der Waals surface area contributed by atoms with Crippen LogP contribution in [0.5, 0.6) is 0 Å². The third-order valence-corrected chi connectivity index (χ3v) is 1.37. The summed E-state index contributed by atoms with van der Waals surface area (Å²) in [5.41, 5.74) is -0.677. The Morgan fingerprint density at radius 1 is 1.22 bits per heavy atom.